The predicted octanol–water partition coefficient (Wildman–Crippen LogP) is 0.146. The van der Waals surface area contributed by atoms with E-state index >= 15 is 0 Å². The van der Waals surface area contributed by atoms with Gasteiger partial charge in [0.15, 0.2) is 0 Å². The Morgan fingerprint density at radius 2 is 2.03 bits per heavy atom. The molecule has 158 valence electrons. The Bertz CT molecular complexity index is 865. The highest BCUT2D eigenvalue weighted by Gasteiger charge is 2.40. The second-order valence-electron chi connectivity index (χ2n) is 7.76. The number of nitrogens with zero attached hydrogens (tertiary/aromatic N) is 1. The molecule has 0 bridgehead atoms. The zero-order valence-electron chi connectivity index (χ0n) is 17.1. The quantitative estimate of drug-likeness (QED) is 0.452. The molecule has 0 spiro atoms. The molecule has 0 radical (unpaired) electrons. The molecule has 1 aliphatic rings. The molecule has 1 aliphatic heterocycles. The molecule has 3 rings (SSSR count). The van der Waals surface area contributed by atoms with Gasteiger partial charge in [0, 0.05) is 23.6 Å². The zero-order chi connectivity index (χ0) is 21.1. The van der Waals surface area contributed by atoms with Gasteiger partial charge in [-0.05, 0) is 45.4 Å². The number of amides is 2. The van der Waals surface area contributed by atoms with Crippen molar-refractivity contribution in [3.05, 3.63) is 36.0 Å². The Balaban J connectivity index is 1.79. The normalized spacial score (nSPS) is 22.4. The number of aliphatic hydroxyl groups is 2. The number of H-pyrrole nitrogens is 1. The van der Waals surface area contributed by atoms with E-state index in [1.165, 1.54) is 6.92 Å². The van der Waals surface area contributed by atoms with Crippen molar-refractivity contribution in [2.45, 2.75) is 57.0 Å². The van der Waals surface area contributed by atoms with Crippen molar-refractivity contribution >= 4 is 22.7 Å². The van der Waals surface area contributed by atoms with Gasteiger partial charge in [-0.25, -0.2) is 0 Å². The first-order valence-corrected chi connectivity index (χ1v) is 10.0. The summed E-state index contributed by atoms with van der Waals surface area (Å²) >= 11 is 0. The summed E-state index contributed by atoms with van der Waals surface area (Å²) in [5, 5.41) is 27.2. The van der Waals surface area contributed by atoms with Gasteiger partial charge < -0.3 is 30.7 Å². The highest BCUT2D eigenvalue weighted by atomic mass is 16.3. The van der Waals surface area contributed by atoms with Crippen LogP contribution in [-0.2, 0) is 16.0 Å². The van der Waals surface area contributed by atoms with E-state index in [4.69, 9.17) is 0 Å². The van der Waals surface area contributed by atoms with E-state index in [-0.39, 0.29) is 11.8 Å². The second-order valence-corrected chi connectivity index (χ2v) is 7.76. The molecule has 0 aliphatic carbocycles. The number of aromatic amines is 1. The Morgan fingerprint density at radius 3 is 2.72 bits per heavy atom. The largest absolute Gasteiger partial charge is 0.391 e. The van der Waals surface area contributed by atoms with Crippen LogP contribution < -0.4 is 10.6 Å². The molecule has 5 N–H and O–H groups in total. The summed E-state index contributed by atoms with van der Waals surface area (Å²) in [5.41, 5.74) is 2.02. The van der Waals surface area contributed by atoms with Crippen LogP contribution in [0.5, 0.6) is 0 Å². The van der Waals surface area contributed by atoms with Gasteiger partial charge >= 0.3 is 0 Å². The molecule has 2 aromatic rings. The number of carbonyl (C=O) groups excluding carboxylic acids is 2. The molecular formula is C21H30N4O4. The van der Waals surface area contributed by atoms with Crippen molar-refractivity contribution in [2.75, 3.05) is 13.6 Å². The molecule has 1 aromatic carbocycles. The number of rotatable bonds is 7. The Hall–Kier alpha value is -2.42. The van der Waals surface area contributed by atoms with Crippen molar-refractivity contribution in [1.82, 2.24) is 20.5 Å². The highest BCUT2D eigenvalue weighted by molar-refractivity contribution is 5.90. The molecule has 1 fully saturated rings. The van der Waals surface area contributed by atoms with Crippen LogP contribution in [-0.4, -0.2) is 75.8 Å². The second kappa shape index (κ2) is 8.94. The van der Waals surface area contributed by atoms with E-state index in [0.29, 0.717) is 19.4 Å². The maximum atomic E-state index is 13.2. The number of hydrogen-bond acceptors (Lipinski definition) is 5. The number of aliphatic hydroxyl groups excluding tert-OH is 2. The van der Waals surface area contributed by atoms with E-state index in [2.05, 4.69) is 15.6 Å². The van der Waals surface area contributed by atoms with Gasteiger partial charge in [0.2, 0.25) is 11.8 Å². The fraction of sp³-hybridized carbons (Fsp3) is 0.524. The predicted molar refractivity (Wildman–Crippen MR) is 110 cm³/mol. The molecule has 8 heteroatoms. The minimum absolute atomic E-state index is 0.361. The third-order valence-electron chi connectivity index (χ3n) is 5.77. The van der Waals surface area contributed by atoms with Crippen molar-refractivity contribution in [3.63, 3.8) is 0 Å². The maximum Gasteiger partial charge on any atom is 0.248 e. The van der Waals surface area contributed by atoms with Gasteiger partial charge in [0.05, 0.1) is 24.3 Å². The molecule has 0 saturated carbocycles. The highest BCUT2D eigenvalue weighted by Crippen LogP contribution is 2.26. The van der Waals surface area contributed by atoms with Crippen LogP contribution in [0.25, 0.3) is 10.9 Å². The van der Waals surface area contributed by atoms with Crippen LogP contribution in [0, 0.1) is 0 Å². The van der Waals surface area contributed by atoms with Gasteiger partial charge in [0.1, 0.15) is 6.04 Å². The SMILES string of the molecule is CN[C@@H](C)C(=O)N[C@H](C(=O)N1CCC(O)[C@@H]1Cc1c[nH]c2ccccc12)C(C)O. The number of benzene rings is 1. The van der Waals surface area contributed by atoms with Gasteiger partial charge in [-0.1, -0.05) is 18.2 Å². The minimum Gasteiger partial charge on any atom is -0.391 e. The van der Waals surface area contributed by atoms with Gasteiger partial charge in [-0.3, -0.25) is 9.59 Å². The van der Waals surface area contributed by atoms with Crippen LogP contribution in [0.15, 0.2) is 30.5 Å². The molecule has 5 atom stereocenters. The van der Waals surface area contributed by atoms with E-state index in [1.54, 1.807) is 18.9 Å². The van der Waals surface area contributed by atoms with Crippen LogP contribution in [0.3, 0.4) is 0 Å². The Labute approximate surface area is 170 Å². The molecule has 1 saturated heterocycles. The molecule has 2 heterocycles. The summed E-state index contributed by atoms with van der Waals surface area (Å²) in [6.45, 7) is 3.54. The van der Waals surface area contributed by atoms with E-state index < -0.39 is 30.3 Å². The smallest absolute Gasteiger partial charge is 0.248 e. The number of likely N-dealkylation sites (tertiary alicyclic amines) is 1. The monoisotopic (exact) mass is 402 g/mol. The van der Waals surface area contributed by atoms with Crippen molar-refractivity contribution in [1.29, 1.82) is 0 Å². The molecule has 29 heavy (non-hydrogen) atoms. The van der Waals surface area contributed by atoms with E-state index in [9.17, 15) is 19.8 Å². The number of aromatic nitrogens is 1. The van der Waals surface area contributed by atoms with Crippen LogP contribution in [0.1, 0.15) is 25.8 Å². The lowest BCUT2D eigenvalue weighted by molar-refractivity contribution is -0.141. The van der Waals surface area contributed by atoms with E-state index in [1.807, 2.05) is 30.5 Å². The fourth-order valence-corrected chi connectivity index (χ4v) is 3.86. The average Bonchev–Trinajstić information content (AvgIpc) is 3.29. The fourth-order valence-electron chi connectivity index (χ4n) is 3.86. The van der Waals surface area contributed by atoms with Crippen LogP contribution in [0.4, 0.5) is 0 Å². The van der Waals surface area contributed by atoms with E-state index in [0.717, 1.165) is 16.5 Å². The molecular weight excluding hydrogens is 372 g/mol. The first kappa shape index (κ1) is 21.3. The lowest BCUT2D eigenvalue weighted by Crippen LogP contribution is -2.58. The lowest BCUT2D eigenvalue weighted by Gasteiger charge is -2.32. The summed E-state index contributed by atoms with van der Waals surface area (Å²) in [5.74, 6) is -0.738. The number of hydrogen-bond donors (Lipinski definition) is 5. The molecule has 2 amide bonds. The Kier molecular flexibility index (Phi) is 6.56. The number of carbonyl (C=O) groups is 2. The summed E-state index contributed by atoms with van der Waals surface area (Å²) in [4.78, 5) is 30.3. The van der Waals surface area contributed by atoms with Gasteiger partial charge in [-0.2, -0.15) is 0 Å². The van der Waals surface area contributed by atoms with Gasteiger partial charge in [0.25, 0.3) is 0 Å². The van der Waals surface area contributed by atoms with Crippen molar-refractivity contribution < 1.29 is 19.8 Å². The third-order valence-corrected chi connectivity index (χ3v) is 5.77. The van der Waals surface area contributed by atoms with Crippen LogP contribution >= 0.6 is 0 Å². The standard InChI is InChI=1S/C21H30N4O4/c1-12(22-3)20(28)24-19(13(2)26)21(29)25-9-8-18(27)17(25)10-14-11-23-16-7-5-4-6-15(14)16/h4-7,11-13,17-19,22-23,26-27H,8-10H2,1-3H3,(H,24,28)/t12-,13?,17-,18?,19-/m0/s1. The van der Waals surface area contributed by atoms with Crippen molar-refractivity contribution in [3.8, 4) is 0 Å². The van der Waals surface area contributed by atoms with Crippen LogP contribution in [0.2, 0.25) is 0 Å². The Morgan fingerprint density at radius 1 is 1.31 bits per heavy atom. The summed E-state index contributed by atoms with van der Waals surface area (Å²) in [7, 11) is 1.65. The zero-order valence-corrected chi connectivity index (χ0v) is 17.1. The maximum absolute atomic E-state index is 13.2. The first-order chi connectivity index (χ1) is 13.8. The number of fused-ring (bicyclic) bond motifs is 1. The third kappa shape index (κ3) is 4.44. The minimum atomic E-state index is -1.06. The van der Waals surface area contributed by atoms with Gasteiger partial charge in [-0.15, -0.1) is 0 Å². The van der Waals surface area contributed by atoms with Crippen molar-refractivity contribution in [2.24, 2.45) is 0 Å². The average molecular weight is 402 g/mol. The summed E-state index contributed by atoms with van der Waals surface area (Å²) < 4.78 is 0. The lowest BCUT2D eigenvalue weighted by atomic mass is 10.0. The number of nitrogens with one attached hydrogen (secondary N) is 3. The molecule has 8 nitrogen and oxygen atoms in total. The number of likely N-dealkylation sites (N-methyl/N-ethyl adjacent to an activating group) is 1. The topological polar surface area (TPSA) is 118 Å². The molecule has 1 aromatic heterocycles. The molecule has 2 unspecified atom stereocenters. The first-order valence-electron chi connectivity index (χ1n) is 10.0. The summed E-state index contributed by atoms with van der Waals surface area (Å²) in [6, 6.07) is 5.92. The summed E-state index contributed by atoms with van der Waals surface area (Å²) in [6.07, 6.45) is 1.15. The number of para-hydroxylation sites is 1.